The van der Waals surface area contributed by atoms with Crippen LogP contribution in [-0.4, -0.2) is 46.2 Å². The third kappa shape index (κ3) is 3.62. The molecule has 0 unspecified atom stereocenters. The summed E-state index contributed by atoms with van der Waals surface area (Å²) < 4.78 is 0. The molecule has 0 aliphatic carbocycles. The Balaban J connectivity index is 1.58. The second-order valence-corrected chi connectivity index (χ2v) is 6.32. The molecule has 0 spiro atoms. The van der Waals surface area contributed by atoms with Gasteiger partial charge in [-0.05, 0) is 29.9 Å². The number of hydrogen-bond donors (Lipinski definition) is 1. The van der Waals surface area contributed by atoms with Crippen LogP contribution in [0.5, 0.6) is 0 Å². The molecule has 1 N–H and O–H groups in total. The number of amides is 3. The van der Waals surface area contributed by atoms with Crippen molar-refractivity contribution in [3.05, 3.63) is 71.3 Å². The first-order valence-electron chi connectivity index (χ1n) is 8.01. The number of hydrogen-bond acceptors (Lipinski definition) is 4. The lowest BCUT2D eigenvalue weighted by Crippen LogP contribution is -2.46. The molecule has 0 radical (unpaired) electrons. The Bertz CT molecular complexity index is 848. The van der Waals surface area contributed by atoms with Crippen molar-refractivity contribution >= 4 is 35.1 Å². The first-order valence-corrected chi connectivity index (χ1v) is 8.42. The maximum absolute atomic E-state index is 12.3. The Labute approximate surface area is 156 Å². The van der Waals surface area contributed by atoms with Crippen LogP contribution in [0.3, 0.4) is 0 Å². The lowest BCUT2D eigenvalue weighted by atomic mass is 10.1. The molecule has 1 aliphatic heterocycles. The number of nitrogens with one attached hydrogen (secondary N) is 1. The predicted octanol–water partition coefficient (Wildman–Crippen LogP) is 1.82. The minimum absolute atomic E-state index is 0.232. The molecule has 26 heavy (non-hydrogen) atoms. The Morgan fingerprint density at radius 2 is 1.54 bits per heavy atom. The summed E-state index contributed by atoms with van der Waals surface area (Å²) in [4.78, 5) is 39.5. The summed E-state index contributed by atoms with van der Waals surface area (Å²) in [6.45, 7) is 0.165. The van der Waals surface area contributed by atoms with Crippen molar-refractivity contribution in [2.75, 3.05) is 13.6 Å². The Hall–Kier alpha value is -3.06. The summed E-state index contributed by atoms with van der Waals surface area (Å²) in [6.07, 6.45) is 0. The van der Waals surface area contributed by atoms with Gasteiger partial charge in [0.2, 0.25) is 5.91 Å². The Morgan fingerprint density at radius 3 is 2.12 bits per heavy atom. The highest BCUT2D eigenvalue weighted by Gasteiger charge is 2.36. The molecular formula is C19H17N3O3S. The molecule has 1 aliphatic rings. The van der Waals surface area contributed by atoms with Gasteiger partial charge in [0.05, 0.1) is 11.1 Å². The largest absolute Gasteiger partial charge is 0.348 e. The van der Waals surface area contributed by atoms with Crippen LogP contribution < -0.4 is 5.32 Å². The van der Waals surface area contributed by atoms with Crippen LogP contribution in [0.15, 0.2) is 54.6 Å². The van der Waals surface area contributed by atoms with Crippen molar-refractivity contribution in [2.45, 2.75) is 6.54 Å². The topological polar surface area (TPSA) is 69.7 Å². The predicted molar refractivity (Wildman–Crippen MR) is 100 cm³/mol. The van der Waals surface area contributed by atoms with Crippen LogP contribution in [0.2, 0.25) is 0 Å². The molecule has 0 aromatic heterocycles. The highest BCUT2D eigenvalue weighted by atomic mass is 32.1. The fraction of sp³-hybridized carbons (Fsp3) is 0.158. The lowest BCUT2D eigenvalue weighted by molar-refractivity contribution is -0.120. The Kier molecular flexibility index (Phi) is 5.09. The van der Waals surface area contributed by atoms with Crippen LogP contribution in [0.1, 0.15) is 26.3 Å². The molecular weight excluding hydrogens is 350 g/mol. The molecule has 0 bridgehead atoms. The van der Waals surface area contributed by atoms with Crippen molar-refractivity contribution < 1.29 is 14.4 Å². The number of thiocarbonyl (C=S) groups is 1. The van der Waals surface area contributed by atoms with Crippen LogP contribution in [0, 0.1) is 0 Å². The molecule has 3 amide bonds. The van der Waals surface area contributed by atoms with Gasteiger partial charge in [-0.15, -0.1) is 0 Å². The lowest BCUT2D eigenvalue weighted by Gasteiger charge is -2.21. The van der Waals surface area contributed by atoms with Crippen LogP contribution in [0.4, 0.5) is 0 Å². The quantitative estimate of drug-likeness (QED) is 0.659. The van der Waals surface area contributed by atoms with E-state index in [2.05, 4.69) is 5.32 Å². The van der Waals surface area contributed by atoms with Gasteiger partial charge in [0.15, 0.2) is 5.11 Å². The minimum atomic E-state index is -0.510. The number of carbonyl (C=O) groups excluding carboxylic acids is 3. The van der Waals surface area contributed by atoms with E-state index in [1.54, 1.807) is 36.2 Å². The highest BCUT2D eigenvalue weighted by molar-refractivity contribution is 7.80. The molecule has 132 valence electrons. The first kappa shape index (κ1) is 17.8. The van der Waals surface area contributed by atoms with Crippen LogP contribution in [0.25, 0.3) is 0 Å². The molecule has 1 heterocycles. The summed E-state index contributed by atoms with van der Waals surface area (Å²) in [5, 5.41) is 2.80. The SMILES string of the molecule is CN(Cc1ccccc1)C(=S)NC(=O)CN1C(=O)c2ccccc2C1=O. The number of nitrogens with zero attached hydrogens (tertiary/aromatic N) is 2. The average Bonchev–Trinajstić information content (AvgIpc) is 2.88. The first-order chi connectivity index (χ1) is 12.5. The van der Waals surface area contributed by atoms with E-state index in [9.17, 15) is 14.4 Å². The van der Waals surface area contributed by atoms with Gasteiger partial charge >= 0.3 is 0 Å². The van der Waals surface area contributed by atoms with E-state index in [4.69, 9.17) is 12.2 Å². The molecule has 2 aromatic rings. The molecule has 7 heteroatoms. The van der Waals surface area contributed by atoms with E-state index < -0.39 is 17.7 Å². The number of imide groups is 1. The van der Waals surface area contributed by atoms with Gasteiger partial charge in [0.25, 0.3) is 11.8 Å². The highest BCUT2D eigenvalue weighted by Crippen LogP contribution is 2.21. The van der Waals surface area contributed by atoms with E-state index in [1.807, 2.05) is 30.3 Å². The summed E-state index contributed by atoms with van der Waals surface area (Å²) in [6, 6.07) is 16.2. The van der Waals surface area contributed by atoms with E-state index in [-0.39, 0.29) is 11.7 Å². The third-order valence-electron chi connectivity index (χ3n) is 4.04. The third-order valence-corrected chi connectivity index (χ3v) is 4.45. The van der Waals surface area contributed by atoms with Gasteiger partial charge in [-0.2, -0.15) is 0 Å². The van der Waals surface area contributed by atoms with Gasteiger partial charge < -0.3 is 10.2 Å². The second-order valence-electron chi connectivity index (χ2n) is 5.94. The molecule has 2 aromatic carbocycles. The minimum Gasteiger partial charge on any atom is -0.348 e. The zero-order valence-corrected chi connectivity index (χ0v) is 15.0. The van der Waals surface area contributed by atoms with E-state index in [0.717, 1.165) is 10.5 Å². The second kappa shape index (κ2) is 7.45. The van der Waals surface area contributed by atoms with Crippen molar-refractivity contribution in [1.82, 2.24) is 15.1 Å². The molecule has 3 rings (SSSR count). The van der Waals surface area contributed by atoms with Crippen molar-refractivity contribution in [3.63, 3.8) is 0 Å². The molecule has 0 atom stereocenters. The maximum atomic E-state index is 12.3. The monoisotopic (exact) mass is 367 g/mol. The molecule has 6 nitrogen and oxygen atoms in total. The summed E-state index contributed by atoms with van der Waals surface area (Å²) >= 11 is 5.23. The van der Waals surface area contributed by atoms with Crippen molar-refractivity contribution in [3.8, 4) is 0 Å². The maximum Gasteiger partial charge on any atom is 0.262 e. The fourth-order valence-electron chi connectivity index (χ4n) is 2.71. The van der Waals surface area contributed by atoms with E-state index >= 15 is 0 Å². The molecule has 0 fully saturated rings. The number of carbonyl (C=O) groups is 3. The van der Waals surface area contributed by atoms with Crippen molar-refractivity contribution in [1.29, 1.82) is 0 Å². The standard InChI is InChI=1S/C19H17N3O3S/c1-21(11-13-7-3-2-4-8-13)19(26)20-16(23)12-22-17(24)14-9-5-6-10-15(14)18(22)25/h2-10H,11-12H2,1H3,(H,20,23,26). The zero-order valence-electron chi connectivity index (χ0n) is 14.1. The number of rotatable bonds is 4. The smallest absolute Gasteiger partial charge is 0.262 e. The summed E-state index contributed by atoms with van der Waals surface area (Å²) in [5.41, 5.74) is 1.68. The van der Waals surface area contributed by atoms with Crippen LogP contribution in [-0.2, 0) is 11.3 Å². The average molecular weight is 367 g/mol. The normalized spacial score (nSPS) is 12.7. The van der Waals surface area contributed by atoms with Crippen LogP contribution >= 0.6 is 12.2 Å². The van der Waals surface area contributed by atoms with E-state index in [1.165, 1.54) is 0 Å². The summed E-state index contributed by atoms with van der Waals surface area (Å²) in [7, 11) is 1.76. The van der Waals surface area contributed by atoms with Crippen molar-refractivity contribution in [2.24, 2.45) is 0 Å². The van der Waals surface area contributed by atoms with E-state index in [0.29, 0.717) is 17.7 Å². The molecule has 0 saturated heterocycles. The summed E-state index contributed by atoms with van der Waals surface area (Å²) in [5.74, 6) is -1.45. The Morgan fingerprint density at radius 1 is 1.00 bits per heavy atom. The number of benzene rings is 2. The van der Waals surface area contributed by atoms with Gasteiger partial charge in [-0.25, -0.2) is 0 Å². The van der Waals surface area contributed by atoms with Gasteiger partial charge in [-0.3, -0.25) is 19.3 Å². The van der Waals surface area contributed by atoms with Gasteiger partial charge in [0, 0.05) is 13.6 Å². The molecule has 0 saturated carbocycles. The van der Waals surface area contributed by atoms with Gasteiger partial charge in [0.1, 0.15) is 6.54 Å². The number of fused-ring (bicyclic) bond motifs is 1. The fourth-order valence-corrected chi connectivity index (χ4v) is 2.89. The zero-order chi connectivity index (χ0) is 18.7. The van der Waals surface area contributed by atoms with Gasteiger partial charge in [-0.1, -0.05) is 42.5 Å².